The highest BCUT2D eigenvalue weighted by atomic mass is 16.5. The van der Waals surface area contributed by atoms with Crippen LogP contribution in [0.1, 0.15) is 48.0 Å². The van der Waals surface area contributed by atoms with Gasteiger partial charge in [-0.1, -0.05) is 12.5 Å². The third-order valence-electron chi connectivity index (χ3n) is 5.89. The Morgan fingerprint density at radius 2 is 1.39 bits per heavy atom. The van der Waals surface area contributed by atoms with E-state index in [0.29, 0.717) is 0 Å². The summed E-state index contributed by atoms with van der Waals surface area (Å²) in [5.74, 6) is 0. The van der Waals surface area contributed by atoms with Crippen molar-refractivity contribution in [2.24, 2.45) is 0 Å². The molecule has 0 radical (unpaired) electrons. The van der Waals surface area contributed by atoms with Crippen molar-refractivity contribution in [1.82, 2.24) is 15.1 Å². The molecule has 2 aliphatic heterocycles. The second-order valence-corrected chi connectivity index (χ2v) is 7.96. The highest BCUT2D eigenvalue weighted by Crippen LogP contribution is 2.39. The van der Waals surface area contributed by atoms with Crippen LogP contribution < -0.4 is 5.32 Å². The van der Waals surface area contributed by atoms with Gasteiger partial charge in [-0.2, -0.15) is 0 Å². The Kier molecular flexibility index (Phi) is 6.28. The SMILES string of the molecule is CC/C(C)=C(/C(C)(C)N1CCNCC1)C(C)(C)N1CCOCC1. The third-order valence-corrected chi connectivity index (χ3v) is 5.89. The van der Waals surface area contributed by atoms with E-state index in [-0.39, 0.29) is 11.1 Å². The number of ether oxygens (including phenoxy) is 1. The van der Waals surface area contributed by atoms with Gasteiger partial charge >= 0.3 is 0 Å². The molecule has 0 unspecified atom stereocenters. The van der Waals surface area contributed by atoms with E-state index in [1.807, 2.05) is 0 Å². The van der Waals surface area contributed by atoms with Gasteiger partial charge in [-0.3, -0.25) is 9.80 Å². The summed E-state index contributed by atoms with van der Waals surface area (Å²) in [4.78, 5) is 5.29. The maximum absolute atomic E-state index is 5.59. The van der Waals surface area contributed by atoms with E-state index in [2.05, 4.69) is 56.7 Å². The van der Waals surface area contributed by atoms with E-state index in [1.165, 1.54) is 0 Å². The Morgan fingerprint density at radius 1 is 0.913 bits per heavy atom. The van der Waals surface area contributed by atoms with Gasteiger partial charge in [-0.15, -0.1) is 0 Å². The maximum atomic E-state index is 5.59. The molecule has 0 atom stereocenters. The molecule has 2 fully saturated rings. The lowest BCUT2D eigenvalue weighted by molar-refractivity contribution is -0.00901. The first-order valence-corrected chi connectivity index (χ1v) is 9.31. The van der Waals surface area contributed by atoms with Gasteiger partial charge in [0, 0.05) is 50.3 Å². The minimum atomic E-state index is 0.0677. The molecule has 2 saturated heterocycles. The van der Waals surface area contributed by atoms with Gasteiger partial charge in [0.05, 0.1) is 13.2 Å². The summed E-state index contributed by atoms with van der Waals surface area (Å²) in [5, 5.41) is 3.49. The monoisotopic (exact) mass is 323 g/mol. The lowest BCUT2D eigenvalue weighted by Crippen LogP contribution is -2.61. The number of nitrogens with zero attached hydrogens (tertiary/aromatic N) is 2. The normalized spacial score (nSPS) is 23.7. The topological polar surface area (TPSA) is 27.7 Å². The number of hydrogen-bond acceptors (Lipinski definition) is 4. The van der Waals surface area contributed by atoms with Crippen molar-refractivity contribution in [3.63, 3.8) is 0 Å². The summed E-state index contributed by atoms with van der Waals surface area (Å²) in [7, 11) is 0. The average molecular weight is 324 g/mol. The van der Waals surface area contributed by atoms with Gasteiger partial charge in [0.25, 0.3) is 0 Å². The average Bonchev–Trinajstić information content (AvgIpc) is 2.56. The van der Waals surface area contributed by atoms with E-state index in [4.69, 9.17) is 4.74 Å². The number of morpholine rings is 1. The zero-order chi connectivity index (χ0) is 17.1. The standard InChI is InChI=1S/C19H37N3O/c1-7-16(2)17(18(3,4)21-10-8-20-9-11-21)19(5,6)22-12-14-23-15-13-22/h20H,7-15H2,1-6H3/b17-16-. The molecule has 0 aromatic rings. The predicted molar refractivity (Wildman–Crippen MR) is 98.0 cm³/mol. The van der Waals surface area contributed by atoms with Gasteiger partial charge in [-0.25, -0.2) is 0 Å². The van der Waals surface area contributed by atoms with E-state index >= 15 is 0 Å². The molecule has 1 N–H and O–H groups in total. The van der Waals surface area contributed by atoms with Gasteiger partial charge in [-0.05, 0) is 46.6 Å². The van der Waals surface area contributed by atoms with Crippen LogP contribution in [0.4, 0.5) is 0 Å². The predicted octanol–water partition coefficient (Wildman–Crippen LogP) is 2.51. The zero-order valence-electron chi connectivity index (χ0n) is 16.2. The van der Waals surface area contributed by atoms with Crippen molar-refractivity contribution >= 4 is 0 Å². The molecular formula is C19H37N3O. The molecule has 0 aromatic heterocycles. The molecule has 134 valence electrons. The second-order valence-electron chi connectivity index (χ2n) is 7.96. The summed E-state index contributed by atoms with van der Waals surface area (Å²) < 4.78 is 5.59. The molecule has 0 aliphatic carbocycles. The molecular weight excluding hydrogens is 286 g/mol. The lowest BCUT2D eigenvalue weighted by atomic mass is 9.74. The van der Waals surface area contributed by atoms with Crippen LogP contribution in [0.25, 0.3) is 0 Å². The Balaban J connectivity index is 2.36. The van der Waals surface area contributed by atoms with E-state index in [1.54, 1.807) is 11.1 Å². The fraction of sp³-hybridized carbons (Fsp3) is 0.895. The van der Waals surface area contributed by atoms with Gasteiger partial charge in [0.1, 0.15) is 0 Å². The molecule has 0 bridgehead atoms. The Hall–Kier alpha value is -0.420. The van der Waals surface area contributed by atoms with E-state index in [0.717, 1.165) is 58.9 Å². The second kappa shape index (κ2) is 7.64. The summed E-state index contributed by atoms with van der Waals surface area (Å²) in [6.45, 7) is 22.5. The summed E-state index contributed by atoms with van der Waals surface area (Å²) in [6, 6.07) is 0. The summed E-state index contributed by atoms with van der Waals surface area (Å²) >= 11 is 0. The first kappa shape index (κ1) is 18.9. The molecule has 0 amide bonds. The van der Waals surface area contributed by atoms with Crippen molar-refractivity contribution < 1.29 is 4.74 Å². The van der Waals surface area contributed by atoms with Crippen LogP contribution in [0.15, 0.2) is 11.1 Å². The van der Waals surface area contributed by atoms with Gasteiger partial charge < -0.3 is 10.1 Å². The maximum Gasteiger partial charge on any atom is 0.0594 e. The molecule has 4 nitrogen and oxygen atoms in total. The molecule has 2 heterocycles. The number of hydrogen-bond donors (Lipinski definition) is 1. The smallest absolute Gasteiger partial charge is 0.0594 e. The molecule has 2 rings (SSSR count). The molecule has 2 aliphatic rings. The van der Waals surface area contributed by atoms with Crippen molar-refractivity contribution in [1.29, 1.82) is 0 Å². The fourth-order valence-corrected chi connectivity index (χ4v) is 4.63. The lowest BCUT2D eigenvalue weighted by Gasteiger charge is -2.52. The van der Waals surface area contributed by atoms with Crippen LogP contribution >= 0.6 is 0 Å². The first-order chi connectivity index (χ1) is 10.8. The zero-order valence-corrected chi connectivity index (χ0v) is 16.2. The van der Waals surface area contributed by atoms with Crippen molar-refractivity contribution in [2.75, 3.05) is 52.5 Å². The summed E-state index contributed by atoms with van der Waals surface area (Å²) in [6.07, 6.45) is 1.12. The molecule has 0 aromatic carbocycles. The largest absolute Gasteiger partial charge is 0.379 e. The Labute approximate surface area is 143 Å². The molecule has 0 saturated carbocycles. The number of piperazine rings is 1. The number of nitrogens with one attached hydrogen (secondary N) is 1. The minimum absolute atomic E-state index is 0.0677. The van der Waals surface area contributed by atoms with Gasteiger partial charge in [0.15, 0.2) is 0 Å². The van der Waals surface area contributed by atoms with Crippen molar-refractivity contribution in [3.05, 3.63) is 11.1 Å². The first-order valence-electron chi connectivity index (χ1n) is 9.31. The number of rotatable bonds is 5. The Bertz CT molecular complexity index is 384. The van der Waals surface area contributed by atoms with Crippen LogP contribution in [-0.2, 0) is 4.74 Å². The molecule has 0 spiro atoms. The molecule has 4 heteroatoms. The van der Waals surface area contributed by atoms with Crippen LogP contribution in [-0.4, -0.2) is 73.4 Å². The fourth-order valence-electron chi connectivity index (χ4n) is 4.63. The van der Waals surface area contributed by atoms with Crippen molar-refractivity contribution in [2.45, 2.75) is 59.0 Å². The van der Waals surface area contributed by atoms with Crippen LogP contribution in [0, 0.1) is 0 Å². The third kappa shape index (κ3) is 3.98. The number of allylic oxidation sites excluding steroid dienone is 1. The Morgan fingerprint density at radius 3 is 1.87 bits per heavy atom. The minimum Gasteiger partial charge on any atom is -0.379 e. The van der Waals surface area contributed by atoms with Gasteiger partial charge in [0.2, 0.25) is 0 Å². The van der Waals surface area contributed by atoms with Crippen LogP contribution in [0.5, 0.6) is 0 Å². The van der Waals surface area contributed by atoms with E-state index in [9.17, 15) is 0 Å². The summed E-state index contributed by atoms with van der Waals surface area (Å²) in [5.41, 5.74) is 3.31. The highest BCUT2D eigenvalue weighted by molar-refractivity contribution is 5.34. The van der Waals surface area contributed by atoms with Crippen LogP contribution in [0.3, 0.4) is 0 Å². The van der Waals surface area contributed by atoms with E-state index < -0.39 is 0 Å². The highest BCUT2D eigenvalue weighted by Gasteiger charge is 2.43. The van der Waals surface area contributed by atoms with Crippen LogP contribution in [0.2, 0.25) is 0 Å². The molecule has 23 heavy (non-hydrogen) atoms. The quantitative estimate of drug-likeness (QED) is 0.787. The van der Waals surface area contributed by atoms with Crippen molar-refractivity contribution in [3.8, 4) is 0 Å².